The first kappa shape index (κ1) is 7.09. The van der Waals surface area contributed by atoms with Gasteiger partial charge in [0, 0.05) is 5.56 Å². The van der Waals surface area contributed by atoms with Crippen LogP contribution in [0.5, 0.6) is 5.75 Å². The summed E-state index contributed by atoms with van der Waals surface area (Å²) in [5.41, 5.74) is 1.17. The van der Waals surface area contributed by atoms with Crippen molar-refractivity contribution in [2.75, 3.05) is 0 Å². The molecule has 1 rings (SSSR count). The Kier molecular flexibility index (Phi) is 2.29. The molecule has 10 heavy (non-hydrogen) atoms. The van der Waals surface area contributed by atoms with Crippen molar-refractivity contribution in [3.8, 4) is 5.75 Å². The van der Waals surface area contributed by atoms with Crippen molar-refractivity contribution in [2.45, 2.75) is 6.54 Å². The fourth-order valence-electron chi connectivity index (χ4n) is 0.799. The van der Waals surface area contributed by atoms with Crippen LogP contribution in [-0.2, 0) is 6.54 Å². The molecular weight excluding hydrogens is 126 g/mol. The first-order valence-electron chi connectivity index (χ1n) is 3.22. The third-order valence-electron chi connectivity index (χ3n) is 1.32. The topological polar surface area (TPSA) is 36.8 Å². The van der Waals surface area contributed by atoms with E-state index in [0.29, 0.717) is 5.75 Å². The van der Waals surface area contributed by atoms with Crippen LogP contribution in [0.1, 0.15) is 5.56 Å². The lowest BCUT2D eigenvalue weighted by atomic mass is 10.2. The number of hydrogen-bond donors (Lipinski definition) is 2. The van der Waals surface area contributed by atoms with E-state index >= 15 is 0 Å². The minimum atomic E-state index is 0.313. The zero-order valence-corrected chi connectivity index (χ0v) is 5.75. The molecule has 0 amide bonds. The molecule has 1 aromatic carbocycles. The van der Waals surface area contributed by atoms with E-state index in [-0.39, 0.29) is 0 Å². The molecule has 0 saturated carbocycles. The Balaban J connectivity index is 2.69. The van der Waals surface area contributed by atoms with Crippen molar-refractivity contribution in [1.82, 2.24) is 0 Å². The van der Waals surface area contributed by atoms with Crippen LogP contribution in [0.25, 0.3) is 0 Å². The molecule has 0 aliphatic rings. The zero-order valence-electron chi connectivity index (χ0n) is 5.75. The number of nitrogens with two attached hydrogens (primary N) is 1. The van der Waals surface area contributed by atoms with E-state index in [9.17, 15) is 0 Å². The van der Waals surface area contributed by atoms with Crippen LogP contribution in [0.15, 0.2) is 24.3 Å². The van der Waals surface area contributed by atoms with Gasteiger partial charge in [0.05, 0.1) is 6.54 Å². The highest BCUT2D eigenvalue weighted by atomic mass is 16.3. The number of benzene rings is 1. The van der Waals surface area contributed by atoms with Gasteiger partial charge in [-0.25, -0.2) is 0 Å². The molecule has 0 aliphatic heterocycles. The lowest BCUT2D eigenvalue weighted by Gasteiger charge is -1.99. The lowest BCUT2D eigenvalue weighted by molar-refractivity contribution is -0.612. The summed E-state index contributed by atoms with van der Waals surface area (Å²) in [6.07, 6.45) is 0. The largest absolute Gasteiger partial charge is 0.508 e. The average Bonchev–Trinajstić information content (AvgIpc) is 1.95. The standard InChI is InChI=1S/C8H11NO/c1-9-6-7-2-4-8(10)5-3-7/h2-5,10H,1,6,9H2. The predicted molar refractivity (Wildman–Crippen MR) is 39.1 cm³/mol. The maximum atomic E-state index is 8.90. The Hall–Kier alpha value is -1.02. The summed E-state index contributed by atoms with van der Waals surface area (Å²) in [6, 6.07) is 7.13. The van der Waals surface area contributed by atoms with Crippen LogP contribution in [0, 0.1) is 7.05 Å². The molecule has 0 spiro atoms. The number of aromatic hydroxyl groups is 1. The van der Waals surface area contributed by atoms with Gasteiger partial charge in [0.25, 0.3) is 0 Å². The van der Waals surface area contributed by atoms with Crippen molar-refractivity contribution in [3.05, 3.63) is 36.9 Å². The molecule has 54 valence electrons. The van der Waals surface area contributed by atoms with Crippen molar-refractivity contribution < 1.29 is 10.4 Å². The number of hydrogen-bond acceptors (Lipinski definition) is 1. The number of rotatable bonds is 2. The van der Waals surface area contributed by atoms with Gasteiger partial charge < -0.3 is 10.4 Å². The highest BCUT2D eigenvalue weighted by molar-refractivity contribution is 5.25. The Morgan fingerprint density at radius 3 is 2.40 bits per heavy atom. The first-order valence-corrected chi connectivity index (χ1v) is 3.22. The Morgan fingerprint density at radius 2 is 1.90 bits per heavy atom. The monoisotopic (exact) mass is 137 g/mol. The van der Waals surface area contributed by atoms with Gasteiger partial charge >= 0.3 is 0 Å². The van der Waals surface area contributed by atoms with Gasteiger partial charge in [-0.3, -0.25) is 0 Å². The predicted octanol–water partition coefficient (Wildman–Crippen LogP) is 0.247. The summed E-state index contributed by atoms with van der Waals surface area (Å²) < 4.78 is 0. The maximum absolute atomic E-state index is 8.90. The highest BCUT2D eigenvalue weighted by Gasteiger charge is 1.89. The van der Waals surface area contributed by atoms with Gasteiger partial charge in [-0.05, 0) is 24.3 Å². The van der Waals surface area contributed by atoms with Crippen molar-refractivity contribution >= 4 is 0 Å². The Morgan fingerprint density at radius 1 is 1.30 bits per heavy atom. The maximum Gasteiger partial charge on any atom is 0.115 e. The van der Waals surface area contributed by atoms with Gasteiger partial charge in [-0.15, -0.1) is 0 Å². The smallest absolute Gasteiger partial charge is 0.115 e. The van der Waals surface area contributed by atoms with E-state index in [1.54, 1.807) is 12.1 Å². The van der Waals surface area contributed by atoms with E-state index in [0.717, 1.165) is 6.54 Å². The third-order valence-corrected chi connectivity index (χ3v) is 1.32. The molecule has 3 N–H and O–H groups in total. The zero-order chi connectivity index (χ0) is 7.40. The molecule has 0 aliphatic carbocycles. The van der Waals surface area contributed by atoms with Crippen molar-refractivity contribution in [1.29, 1.82) is 0 Å². The van der Waals surface area contributed by atoms with E-state index in [1.165, 1.54) is 5.56 Å². The van der Waals surface area contributed by atoms with Gasteiger partial charge in [0.1, 0.15) is 5.75 Å². The van der Waals surface area contributed by atoms with Crippen molar-refractivity contribution in [3.63, 3.8) is 0 Å². The van der Waals surface area contributed by atoms with Gasteiger partial charge in [0.15, 0.2) is 0 Å². The number of phenols is 1. The molecule has 2 heteroatoms. The average molecular weight is 137 g/mol. The van der Waals surface area contributed by atoms with Crippen LogP contribution in [-0.4, -0.2) is 5.11 Å². The second-order valence-electron chi connectivity index (χ2n) is 2.16. The molecular formula is C8H11NO. The molecule has 0 fully saturated rings. The third kappa shape index (κ3) is 1.74. The Bertz CT molecular complexity index is 193. The summed E-state index contributed by atoms with van der Waals surface area (Å²) in [7, 11) is 3.62. The van der Waals surface area contributed by atoms with Crippen LogP contribution in [0.3, 0.4) is 0 Å². The van der Waals surface area contributed by atoms with E-state index < -0.39 is 0 Å². The highest BCUT2D eigenvalue weighted by Crippen LogP contribution is 2.07. The summed E-state index contributed by atoms with van der Waals surface area (Å²) in [6.45, 7) is 0.861. The minimum absolute atomic E-state index is 0.313. The summed E-state index contributed by atoms with van der Waals surface area (Å²) in [5.74, 6) is 0.313. The van der Waals surface area contributed by atoms with Crippen LogP contribution < -0.4 is 5.32 Å². The SMILES string of the molecule is [CH2-][NH2+]Cc1ccc(O)cc1. The van der Waals surface area contributed by atoms with Crippen molar-refractivity contribution in [2.24, 2.45) is 0 Å². The molecule has 0 aromatic heterocycles. The summed E-state index contributed by atoms with van der Waals surface area (Å²) >= 11 is 0. The number of quaternary nitrogens is 1. The molecule has 0 radical (unpaired) electrons. The Labute approximate surface area is 60.5 Å². The molecule has 0 heterocycles. The molecule has 1 aromatic rings. The second-order valence-corrected chi connectivity index (χ2v) is 2.16. The van der Waals surface area contributed by atoms with Crippen LogP contribution in [0.4, 0.5) is 0 Å². The molecule has 0 saturated heterocycles. The molecule has 0 unspecified atom stereocenters. The van der Waals surface area contributed by atoms with Gasteiger partial charge in [-0.2, -0.15) is 7.05 Å². The fourth-order valence-corrected chi connectivity index (χ4v) is 0.799. The first-order chi connectivity index (χ1) is 4.83. The van der Waals surface area contributed by atoms with Crippen LogP contribution >= 0.6 is 0 Å². The van der Waals surface area contributed by atoms with Crippen LogP contribution in [0.2, 0.25) is 0 Å². The van der Waals surface area contributed by atoms with Gasteiger partial charge in [0.2, 0.25) is 0 Å². The van der Waals surface area contributed by atoms with E-state index in [4.69, 9.17) is 5.11 Å². The summed E-state index contributed by atoms with van der Waals surface area (Å²) in [5, 5.41) is 10.7. The van der Waals surface area contributed by atoms with Gasteiger partial charge in [-0.1, -0.05) is 0 Å². The summed E-state index contributed by atoms with van der Waals surface area (Å²) in [4.78, 5) is 0. The van der Waals surface area contributed by atoms with E-state index in [1.807, 2.05) is 17.4 Å². The molecule has 0 bridgehead atoms. The normalized spacial score (nSPS) is 9.70. The molecule has 2 nitrogen and oxygen atoms in total. The van der Waals surface area contributed by atoms with E-state index in [2.05, 4.69) is 7.05 Å². The number of phenolic OH excluding ortho intramolecular Hbond substituents is 1. The fraction of sp³-hybridized carbons (Fsp3) is 0.125. The second kappa shape index (κ2) is 3.22. The lowest BCUT2D eigenvalue weighted by Crippen LogP contribution is -2.74. The quantitative estimate of drug-likeness (QED) is 0.563. The molecule has 0 atom stereocenters. The minimum Gasteiger partial charge on any atom is -0.508 e.